The van der Waals surface area contributed by atoms with Gasteiger partial charge in [-0.15, -0.1) is 0 Å². The van der Waals surface area contributed by atoms with Crippen molar-refractivity contribution in [3.05, 3.63) is 28.8 Å². The first kappa shape index (κ1) is 18.0. The highest BCUT2D eigenvalue weighted by Crippen LogP contribution is 2.28. The SMILES string of the molecule is Cc1cc(C)c(CNS(=O)(=O)C(F)(F)F)c(N2CCOCC2)c1. The number of ether oxygens (including phenoxy) is 1. The second kappa shape index (κ2) is 6.66. The molecule has 1 N–H and O–H groups in total. The molecule has 2 rings (SSSR count). The van der Waals surface area contributed by atoms with Crippen LogP contribution in [-0.2, 0) is 21.3 Å². The third-order valence-electron chi connectivity index (χ3n) is 3.69. The topological polar surface area (TPSA) is 58.6 Å². The van der Waals surface area contributed by atoms with Crippen LogP contribution in [0.5, 0.6) is 0 Å². The number of rotatable bonds is 4. The van der Waals surface area contributed by atoms with Gasteiger partial charge in [0.2, 0.25) is 0 Å². The molecule has 1 aliphatic rings. The van der Waals surface area contributed by atoms with Crippen molar-refractivity contribution in [2.24, 2.45) is 0 Å². The molecule has 0 radical (unpaired) electrons. The van der Waals surface area contributed by atoms with Crippen molar-refractivity contribution < 1.29 is 26.3 Å². The first-order chi connectivity index (χ1) is 10.6. The first-order valence-electron chi connectivity index (χ1n) is 7.10. The molecule has 1 heterocycles. The predicted molar refractivity (Wildman–Crippen MR) is 80.8 cm³/mol. The molecule has 9 heteroatoms. The summed E-state index contributed by atoms with van der Waals surface area (Å²) in [6, 6.07) is 3.68. The quantitative estimate of drug-likeness (QED) is 0.901. The second-order valence-electron chi connectivity index (χ2n) is 5.45. The van der Waals surface area contributed by atoms with Crippen molar-refractivity contribution in [1.29, 1.82) is 0 Å². The Morgan fingerprint density at radius 2 is 1.83 bits per heavy atom. The molecule has 0 unspecified atom stereocenters. The Morgan fingerprint density at radius 1 is 1.22 bits per heavy atom. The number of sulfonamides is 1. The third kappa shape index (κ3) is 4.15. The van der Waals surface area contributed by atoms with Crippen molar-refractivity contribution in [1.82, 2.24) is 4.72 Å². The maximum absolute atomic E-state index is 12.5. The smallest absolute Gasteiger partial charge is 0.378 e. The van der Waals surface area contributed by atoms with E-state index in [-0.39, 0.29) is 0 Å². The minimum absolute atomic E-state index is 0.402. The molecule has 0 spiro atoms. The Hall–Kier alpha value is -1.32. The number of hydrogen-bond donors (Lipinski definition) is 1. The summed E-state index contributed by atoms with van der Waals surface area (Å²) in [6.07, 6.45) is 0. The maximum Gasteiger partial charge on any atom is 0.511 e. The van der Waals surface area contributed by atoms with Gasteiger partial charge in [-0.05, 0) is 36.6 Å². The van der Waals surface area contributed by atoms with Crippen molar-refractivity contribution in [2.45, 2.75) is 25.9 Å². The van der Waals surface area contributed by atoms with Crippen LogP contribution in [0.1, 0.15) is 16.7 Å². The fourth-order valence-corrected chi connectivity index (χ4v) is 3.04. The van der Waals surface area contributed by atoms with E-state index in [9.17, 15) is 21.6 Å². The zero-order chi connectivity index (χ0) is 17.3. The molecule has 130 valence electrons. The monoisotopic (exact) mass is 352 g/mol. The van der Waals surface area contributed by atoms with Crippen molar-refractivity contribution in [3.63, 3.8) is 0 Å². The van der Waals surface area contributed by atoms with E-state index in [1.165, 1.54) is 0 Å². The molecule has 1 fully saturated rings. The van der Waals surface area contributed by atoms with Crippen LogP contribution in [0.15, 0.2) is 12.1 Å². The summed E-state index contributed by atoms with van der Waals surface area (Å²) in [7, 11) is -5.36. The lowest BCUT2D eigenvalue weighted by Crippen LogP contribution is -2.39. The summed E-state index contributed by atoms with van der Waals surface area (Å²) in [4.78, 5) is 2.00. The van der Waals surface area contributed by atoms with Crippen LogP contribution < -0.4 is 9.62 Å². The fraction of sp³-hybridized carbons (Fsp3) is 0.571. The lowest BCUT2D eigenvalue weighted by Gasteiger charge is -2.31. The number of nitrogens with one attached hydrogen (secondary N) is 1. The molecule has 0 aromatic heterocycles. The van der Waals surface area contributed by atoms with E-state index >= 15 is 0 Å². The van der Waals surface area contributed by atoms with Crippen molar-refractivity contribution >= 4 is 15.7 Å². The van der Waals surface area contributed by atoms with E-state index < -0.39 is 22.1 Å². The highest BCUT2D eigenvalue weighted by molar-refractivity contribution is 7.90. The number of nitrogens with zero attached hydrogens (tertiary/aromatic N) is 1. The van der Waals surface area contributed by atoms with Gasteiger partial charge in [0, 0.05) is 25.3 Å². The van der Waals surface area contributed by atoms with Gasteiger partial charge in [0.1, 0.15) is 0 Å². The van der Waals surface area contributed by atoms with Gasteiger partial charge in [-0.2, -0.15) is 13.2 Å². The molecule has 0 bridgehead atoms. The molecular weight excluding hydrogens is 333 g/mol. The summed E-state index contributed by atoms with van der Waals surface area (Å²) >= 11 is 0. The summed E-state index contributed by atoms with van der Waals surface area (Å²) < 4.78 is 66.8. The summed E-state index contributed by atoms with van der Waals surface area (Å²) in [6.45, 7) is 5.53. The zero-order valence-electron chi connectivity index (χ0n) is 12.9. The fourth-order valence-electron chi connectivity index (χ4n) is 2.54. The molecule has 0 atom stereocenters. The second-order valence-corrected chi connectivity index (χ2v) is 7.21. The number of aryl methyl sites for hydroxylation is 2. The van der Waals surface area contributed by atoms with Crippen LogP contribution in [0.2, 0.25) is 0 Å². The molecule has 1 aromatic carbocycles. The number of anilines is 1. The number of benzene rings is 1. The number of halogens is 3. The van der Waals surface area contributed by atoms with Crippen LogP contribution in [0, 0.1) is 13.8 Å². The van der Waals surface area contributed by atoms with E-state index in [2.05, 4.69) is 0 Å². The van der Waals surface area contributed by atoms with Gasteiger partial charge >= 0.3 is 15.5 Å². The van der Waals surface area contributed by atoms with Crippen molar-refractivity contribution in [3.8, 4) is 0 Å². The van der Waals surface area contributed by atoms with Crippen LogP contribution >= 0.6 is 0 Å². The van der Waals surface area contributed by atoms with E-state index in [1.54, 1.807) is 11.6 Å². The van der Waals surface area contributed by atoms with Gasteiger partial charge in [-0.25, -0.2) is 13.1 Å². The molecule has 0 amide bonds. The lowest BCUT2D eigenvalue weighted by molar-refractivity contribution is -0.0448. The number of alkyl halides is 3. The summed E-state index contributed by atoms with van der Waals surface area (Å²) in [5, 5.41) is 0. The zero-order valence-corrected chi connectivity index (χ0v) is 13.7. The molecule has 1 saturated heterocycles. The first-order valence-corrected chi connectivity index (χ1v) is 8.59. The molecule has 0 aliphatic carbocycles. The highest BCUT2D eigenvalue weighted by atomic mass is 32.2. The standard InChI is InChI=1S/C14H19F3N2O3S/c1-10-7-11(2)12(9-18-23(20,21)14(15,16)17)13(8-10)19-3-5-22-6-4-19/h7-8,18H,3-6,9H2,1-2H3. The molecule has 1 aromatic rings. The lowest BCUT2D eigenvalue weighted by atomic mass is 10.0. The third-order valence-corrected chi connectivity index (χ3v) is 4.82. The van der Waals surface area contributed by atoms with Crippen LogP contribution in [0.4, 0.5) is 18.9 Å². The Morgan fingerprint density at radius 3 is 2.39 bits per heavy atom. The molecule has 23 heavy (non-hydrogen) atoms. The van der Waals surface area contributed by atoms with Crippen LogP contribution in [0.3, 0.4) is 0 Å². The average Bonchev–Trinajstić information content (AvgIpc) is 2.45. The average molecular weight is 352 g/mol. The van der Waals surface area contributed by atoms with Gasteiger partial charge < -0.3 is 9.64 Å². The maximum atomic E-state index is 12.5. The normalized spacial score (nSPS) is 16.7. The van der Waals surface area contributed by atoms with E-state index in [1.807, 2.05) is 24.0 Å². The molecule has 1 aliphatic heterocycles. The van der Waals surface area contributed by atoms with Gasteiger partial charge in [-0.1, -0.05) is 6.07 Å². The minimum atomic E-state index is -5.36. The number of morpholine rings is 1. The van der Waals surface area contributed by atoms with Gasteiger partial charge in [0.15, 0.2) is 0 Å². The largest absolute Gasteiger partial charge is 0.511 e. The highest BCUT2D eigenvalue weighted by Gasteiger charge is 2.45. The predicted octanol–water partition coefficient (Wildman–Crippen LogP) is 2.08. The molecule has 0 saturated carbocycles. The van der Waals surface area contributed by atoms with Gasteiger partial charge in [-0.3, -0.25) is 0 Å². The Balaban J connectivity index is 2.30. The van der Waals surface area contributed by atoms with Gasteiger partial charge in [0.05, 0.1) is 13.2 Å². The molecular formula is C14H19F3N2O3S. The van der Waals surface area contributed by atoms with Gasteiger partial charge in [0.25, 0.3) is 0 Å². The van der Waals surface area contributed by atoms with E-state index in [4.69, 9.17) is 4.74 Å². The summed E-state index contributed by atoms with van der Waals surface area (Å²) in [5.74, 6) is 0. The Labute approximate surface area is 133 Å². The van der Waals surface area contributed by atoms with E-state index in [0.717, 1.165) is 16.8 Å². The number of hydrogen-bond acceptors (Lipinski definition) is 4. The summed E-state index contributed by atoms with van der Waals surface area (Å²) in [5.41, 5.74) is -2.31. The van der Waals surface area contributed by atoms with Crippen LogP contribution in [0.25, 0.3) is 0 Å². The molecule has 5 nitrogen and oxygen atoms in total. The minimum Gasteiger partial charge on any atom is -0.378 e. The Kier molecular flexibility index (Phi) is 5.22. The van der Waals surface area contributed by atoms with Crippen LogP contribution in [-0.4, -0.2) is 40.2 Å². The Bertz CT molecular complexity index is 669. The van der Waals surface area contributed by atoms with E-state index in [0.29, 0.717) is 31.9 Å². The van der Waals surface area contributed by atoms with Crippen molar-refractivity contribution in [2.75, 3.05) is 31.2 Å².